The predicted molar refractivity (Wildman–Crippen MR) is 74.1 cm³/mol. The van der Waals surface area contributed by atoms with Crippen molar-refractivity contribution < 1.29 is 9.21 Å². The molecule has 0 aromatic carbocycles. The van der Waals surface area contributed by atoms with Crippen LogP contribution in [0.25, 0.3) is 0 Å². The molecule has 1 fully saturated rings. The monoisotopic (exact) mass is 273 g/mol. The maximum atomic E-state index is 12.3. The summed E-state index contributed by atoms with van der Waals surface area (Å²) in [7, 11) is 0. The van der Waals surface area contributed by atoms with Gasteiger partial charge in [-0.15, -0.1) is 0 Å². The lowest BCUT2D eigenvalue weighted by Crippen LogP contribution is -2.40. The van der Waals surface area contributed by atoms with E-state index in [9.17, 15) is 4.79 Å². The molecule has 0 saturated carbocycles. The topological polar surface area (TPSA) is 51.3 Å². The van der Waals surface area contributed by atoms with Crippen LogP contribution in [-0.4, -0.2) is 33.7 Å². The van der Waals surface area contributed by atoms with Gasteiger partial charge in [-0.3, -0.25) is 9.48 Å². The zero-order chi connectivity index (χ0) is 13.8. The van der Waals surface area contributed by atoms with Crippen LogP contribution in [0.2, 0.25) is 0 Å². The molecule has 0 radical (unpaired) electrons. The fourth-order valence-corrected chi connectivity index (χ4v) is 2.74. The van der Waals surface area contributed by atoms with Crippen molar-refractivity contribution in [3.8, 4) is 0 Å². The number of aryl methyl sites for hydroxylation is 1. The molecule has 106 valence electrons. The molecule has 0 aliphatic carbocycles. The largest absolute Gasteiger partial charge is 0.469 e. The van der Waals surface area contributed by atoms with Gasteiger partial charge in [-0.1, -0.05) is 0 Å². The lowest BCUT2D eigenvalue weighted by molar-refractivity contribution is -0.132. The minimum absolute atomic E-state index is 0.207. The Morgan fingerprint density at radius 2 is 2.40 bits per heavy atom. The second-order valence-electron chi connectivity index (χ2n) is 5.20. The van der Waals surface area contributed by atoms with Crippen LogP contribution >= 0.6 is 0 Å². The number of carbonyl (C=O) groups is 1. The van der Waals surface area contributed by atoms with Gasteiger partial charge in [-0.2, -0.15) is 5.10 Å². The van der Waals surface area contributed by atoms with Crippen LogP contribution in [0, 0.1) is 0 Å². The van der Waals surface area contributed by atoms with Gasteiger partial charge in [-0.25, -0.2) is 0 Å². The van der Waals surface area contributed by atoms with Crippen molar-refractivity contribution in [1.29, 1.82) is 0 Å². The van der Waals surface area contributed by atoms with E-state index in [4.69, 9.17) is 4.42 Å². The maximum absolute atomic E-state index is 12.3. The number of hydrogen-bond acceptors (Lipinski definition) is 3. The number of hydrogen-bond donors (Lipinski definition) is 0. The molecule has 0 bridgehead atoms. The first-order valence-electron chi connectivity index (χ1n) is 7.12. The Hall–Kier alpha value is -2.04. The summed E-state index contributed by atoms with van der Waals surface area (Å²) >= 11 is 0. The molecule has 0 spiro atoms. The van der Waals surface area contributed by atoms with Gasteiger partial charge in [0.2, 0.25) is 5.91 Å². The van der Waals surface area contributed by atoms with Gasteiger partial charge >= 0.3 is 0 Å². The maximum Gasteiger partial charge on any atom is 0.223 e. The summed E-state index contributed by atoms with van der Waals surface area (Å²) in [5.41, 5.74) is 0. The molecular weight excluding hydrogens is 254 g/mol. The van der Waals surface area contributed by atoms with Crippen LogP contribution in [0.4, 0.5) is 0 Å². The fraction of sp³-hybridized carbons (Fsp3) is 0.467. The SMILES string of the molecule is O=C(CCc1ccco1)N1CCC[C@H](n2cccn2)C1. The summed E-state index contributed by atoms with van der Waals surface area (Å²) in [6, 6.07) is 6.01. The average molecular weight is 273 g/mol. The summed E-state index contributed by atoms with van der Waals surface area (Å²) in [4.78, 5) is 14.2. The van der Waals surface area contributed by atoms with Gasteiger partial charge in [0.1, 0.15) is 5.76 Å². The highest BCUT2D eigenvalue weighted by Gasteiger charge is 2.24. The number of amides is 1. The smallest absolute Gasteiger partial charge is 0.223 e. The fourth-order valence-electron chi connectivity index (χ4n) is 2.74. The third-order valence-corrected chi connectivity index (χ3v) is 3.81. The van der Waals surface area contributed by atoms with Gasteiger partial charge in [0, 0.05) is 38.3 Å². The number of nitrogens with zero attached hydrogens (tertiary/aromatic N) is 3. The van der Waals surface area contributed by atoms with E-state index < -0.39 is 0 Å². The first kappa shape index (κ1) is 13.0. The molecule has 20 heavy (non-hydrogen) atoms. The van der Waals surface area contributed by atoms with Crippen molar-refractivity contribution in [3.05, 3.63) is 42.6 Å². The van der Waals surface area contributed by atoms with E-state index in [0.29, 0.717) is 18.9 Å². The minimum atomic E-state index is 0.207. The summed E-state index contributed by atoms with van der Waals surface area (Å²) in [5, 5.41) is 4.28. The van der Waals surface area contributed by atoms with E-state index in [2.05, 4.69) is 5.10 Å². The molecule has 2 aromatic rings. The Labute approximate surface area is 118 Å². The third kappa shape index (κ3) is 2.92. The summed E-state index contributed by atoms with van der Waals surface area (Å²) in [5.74, 6) is 1.08. The second kappa shape index (κ2) is 5.94. The van der Waals surface area contributed by atoms with Crippen LogP contribution in [0.15, 0.2) is 41.3 Å². The Kier molecular flexibility index (Phi) is 3.85. The molecule has 0 unspecified atom stereocenters. The first-order chi connectivity index (χ1) is 9.83. The number of likely N-dealkylation sites (tertiary alicyclic amines) is 1. The van der Waals surface area contributed by atoms with Crippen LogP contribution in [0.5, 0.6) is 0 Å². The van der Waals surface area contributed by atoms with E-state index >= 15 is 0 Å². The molecule has 1 saturated heterocycles. The van der Waals surface area contributed by atoms with Gasteiger partial charge in [-0.05, 0) is 31.0 Å². The van der Waals surface area contributed by atoms with Crippen LogP contribution in [0.1, 0.15) is 31.1 Å². The minimum Gasteiger partial charge on any atom is -0.469 e. The molecule has 1 aliphatic heterocycles. The van der Waals surface area contributed by atoms with Gasteiger partial charge in [0.05, 0.1) is 12.3 Å². The quantitative estimate of drug-likeness (QED) is 0.858. The Morgan fingerprint density at radius 1 is 1.45 bits per heavy atom. The zero-order valence-electron chi connectivity index (χ0n) is 11.4. The lowest BCUT2D eigenvalue weighted by Gasteiger charge is -2.33. The van der Waals surface area contributed by atoms with E-state index in [-0.39, 0.29) is 5.91 Å². The van der Waals surface area contributed by atoms with E-state index in [1.807, 2.05) is 34.0 Å². The van der Waals surface area contributed by atoms with Crippen molar-refractivity contribution in [1.82, 2.24) is 14.7 Å². The Balaban J connectivity index is 1.55. The van der Waals surface area contributed by atoms with E-state index in [0.717, 1.165) is 31.7 Å². The van der Waals surface area contributed by atoms with Gasteiger partial charge in [0.15, 0.2) is 0 Å². The van der Waals surface area contributed by atoms with Gasteiger partial charge < -0.3 is 9.32 Å². The highest BCUT2D eigenvalue weighted by atomic mass is 16.3. The molecule has 1 aliphatic rings. The Morgan fingerprint density at radius 3 is 3.15 bits per heavy atom. The normalized spacial score (nSPS) is 19.2. The number of furan rings is 1. The van der Waals surface area contributed by atoms with Crippen molar-refractivity contribution in [2.75, 3.05) is 13.1 Å². The van der Waals surface area contributed by atoms with Gasteiger partial charge in [0.25, 0.3) is 0 Å². The molecule has 3 heterocycles. The predicted octanol–water partition coefficient (Wildman–Crippen LogP) is 2.27. The van der Waals surface area contributed by atoms with Crippen molar-refractivity contribution in [3.63, 3.8) is 0 Å². The lowest BCUT2D eigenvalue weighted by atomic mass is 10.1. The van der Waals surface area contributed by atoms with Crippen molar-refractivity contribution in [2.45, 2.75) is 31.7 Å². The van der Waals surface area contributed by atoms with Crippen LogP contribution in [0.3, 0.4) is 0 Å². The second-order valence-corrected chi connectivity index (χ2v) is 5.20. The standard InChI is InChI=1S/C15H19N3O2/c19-15(7-6-14-5-2-11-20-14)17-9-1-4-13(12-17)18-10-3-8-16-18/h2-3,5,8,10-11,13H,1,4,6-7,9,12H2/t13-/m0/s1. The summed E-state index contributed by atoms with van der Waals surface area (Å²) in [6.07, 6.45) is 8.72. The zero-order valence-corrected chi connectivity index (χ0v) is 11.4. The highest BCUT2D eigenvalue weighted by Crippen LogP contribution is 2.21. The van der Waals surface area contributed by atoms with E-state index in [1.54, 1.807) is 12.5 Å². The molecule has 1 amide bonds. The van der Waals surface area contributed by atoms with Crippen LogP contribution in [-0.2, 0) is 11.2 Å². The third-order valence-electron chi connectivity index (χ3n) is 3.81. The molecule has 0 N–H and O–H groups in total. The highest BCUT2D eigenvalue weighted by molar-refractivity contribution is 5.76. The number of carbonyl (C=O) groups excluding carboxylic acids is 1. The van der Waals surface area contributed by atoms with E-state index in [1.165, 1.54) is 0 Å². The molecule has 1 atom stereocenters. The molecule has 5 heteroatoms. The number of rotatable bonds is 4. The van der Waals surface area contributed by atoms with Crippen molar-refractivity contribution in [2.24, 2.45) is 0 Å². The summed E-state index contributed by atoms with van der Waals surface area (Å²) in [6.45, 7) is 1.62. The molecule has 5 nitrogen and oxygen atoms in total. The number of aromatic nitrogens is 2. The number of piperidine rings is 1. The molecular formula is C15H19N3O2. The van der Waals surface area contributed by atoms with Crippen LogP contribution < -0.4 is 0 Å². The first-order valence-corrected chi connectivity index (χ1v) is 7.12. The molecule has 3 rings (SSSR count). The van der Waals surface area contributed by atoms with Crippen molar-refractivity contribution >= 4 is 5.91 Å². The Bertz CT molecular complexity index is 533. The average Bonchev–Trinajstić information content (AvgIpc) is 3.18. The summed E-state index contributed by atoms with van der Waals surface area (Å²) < 4.78 is 7.23. The molecule has 2 aromatic heterocycles.